The number of nitrogens with zero attached hydrogens (tertiary/aromatic N) is 1. The molecule has 0 saturated carbocycles. The maximum atomic E-state index is 3.50. The van der Waals surface area contributed by atoms with Crippen LogP contribution >= 0.6 is 0 Å². The predicted octanol–water partition coefficient (Wildman–Crippen LogP) is 1.75. The van der Waals surface area contributed by atoms with Crippen molar-refractivity contribution in [3.05, 3.63) is 35.4 Å². The van der Waals surface area contributed by atoms with Gasteiger partial charge >= 0.3 is 0 Å². The molecule has 1 unspecified atom stereocenters. The number of hydrogen-bond donors (Lipinski definition) is 1. The summed E-state index contributed by atoms with van der Waals surface area (Å²) in [6.07, 6.45) is 2.69. The van der Waals surface area contributed by atoms with E-state index in [-0.39, 0.29) is 0 Å². The molecule has 0 aliphatic carbocycles. The largest absolute Gasteiger partial charge is 0.315 e. The SMILES string of the molecule is c1ccc2c(c1)CN(C1CCCNC1)C2. The Labute approximate surface area is 91.3 Å². The van der Waals surface area contributed by atoms with E-state index in [4.69, 9.17) is 0 Å². The lowest BCUT2D eigenvalue weighted by Crippen LogP contribution is -2.43. The highest BCUT2D eigenvalue weighted by Crippen LogP contribution is 2.26. The molecule has 2 aliphatic heterocycles. The predicted molar refractivity (Wildman–Crippen MR) is 61.6 cm³/mol. The second-order valence-corrected chi connectivity index (χ2v) is 4.67. The van der Waals surface area contributed by atoms with Gasteiger partial charge in [-0.1, -0.05) is 24.3 Å². The first-order chi connectivity index (χ1) is 7.43. The van der Waals surface area contributed by atoms with Crippen molar-refractivity contribution < 1.29 is 0 Å². The number of rotatable bonds is 1. The second kappa shape index (κ2) is 3.95. The zero-order chi connectivity index (χ0) is 10.1. The average molecular weight is 202 g/mol. The third-order valence-corrected chi connectivity index (χ3v) is 3.65. The second-order valence-electron chi connectivity index (χ2n) is 4.67. The normalized spacial score (nSPS) is 26.5. The van der Waals surface area contributed by atoms with Crippen molar-refractivity contribution in [1.82, 2.24) is 10.2 Å². The van der Waals surface area contributed by atoms with E-state index in [0.717, 1.165) is 19.1 Å². The van der Waals surface area contributed by atoms with Gasteiger partial charge in [-0.15, -0.1) is 0 Å². The van der Waals surface area contributed by atoms with E-state index in [1.54, 1.807) is 0 Å². The molecule has 80 valence electrons. The summed E-state index contributed by atoms with van der Waals surface area (Å²) in [6.45, 7) is 4.69. The summed E-state index contributed by atoms with van der Waals surface area (Å²) < 4.78 is 0. The van der Waals surface area contributed by atoms with Crippen molar-refractivity contribution in [2.75, 3.05) is 13.1 Å². The minimum Gasteiger partial charge on any atom is -0.315 e. The summed E-state index contributed by atoms with van der Waals surface area (Å²) in [5.74, 6) is 0. The molecule has 2 nitrogen and oxygen atoms in total. The minimum atomic E-state index is 0.756. The highest BCUT2D eigenvalue weighted by molar-refractivity contribution is 5.30. The van der Waals surface area contributed by atoms with Gasteiger partial charge in [-0.3, -0.25) is 4.90 Å². The molecule has 1 atom stereocenters. The molecule has 0 amide bonds. The van der Waals surface area contributed by atoms with Gasteiger partial charge in [0.25, 0.3) is 0 Å². The van der Waals surface area contributed by atoms with E-state index in [9.17, 15) is 0 Å². The number of hydrogen-bond acceptors (Lipinski definition) is 2. The Morgan fingerprint density at radius 1 is 1.13 bits per heavy atom. The van der Waals surface area contributed by atoms with Gasteiger partial charge in [0, 0.05) is 25.7 Å². The van der Waals surface area contributed by atoms with Gasteiger partial charge in [0.05, 0.1) is 0 Å². The highest BCUT2D eigenvalue weighted by Gasteiger charge is 2.26. The molecule has 2 heteroatoms. The number of fused-ring (bicyclic) bond motifs is 1. The molecule has 1 saturated heterocycles. The Morgan fingerprint density at radius 3 is 2.47 bits per heavy atom. The van der Waals surface area contributed by atoms with Crippen molar-refractivity contribution in [2.24, 2.45) is 0 Å². The summed E-state index contributed by atoms with van der Waals surface area (Å²) in [5.41, 5.74) is 3.06. The smallest absolute Gasteiger partial charge is 0.0244 e. The third-order valence-electron chi connectivity index (χ3n) is 3.65. The first-order valence-corrected chi connectivity index (χ1v) is 5.95. The van der Waals surface area contributed by atoms with Crippen molar-refractivity contribution in [3.63, 3.8) is 0 Å². The first kappa shape index (κ1) is 9.37. The fourth-order valence-corrected chi connectivity index (χ4v) is 2.76. The van der Waals surface area contributed by atoms with Crippen LogP contribution in [0.2, 0.25) is 0 Å². The van der Waals surface area contributed by atoms with Crippen LogP contribution in [0.1, 0.15) is 24.0 Å². The van der Waals surface area contributed by atoms with Crippen molar-refractivity contribution in [3.8, 4) is 0 Å². The van der Waals surface area contributed by atoms with Gasteiger partial charge in [0.2, 0.25) is 0 Å². The van der Waals surface area contributed by atoms with E-state index in [0.29, 0.717) is 0 Å². The van der Waals surface area contributed by atoms with Gasteiger partial charge in [-0.25, -0.2) is 0 Å². The molecule has 0 aromatic heterocycles. The van der Waals surface area contributed by atoms with Crippen LogP contribution in [0.4, 0.5) is 0 Å². The Bertz CT molecular complexity index is 317. The highest BCUT2D eigenvalue weighted by atomic mass is 15.2. The number of nitrogens with one attached hydrogen (secondary N) is 1. The lowest BCUT2D eigenvalue weighted by Gasteiger charge is -2.31. The molecular formula is C13H18N2. The molecule has 1 aromatic carbocycles. The van der Waals surface area contributed by atoms with Crippen molar-refractivity contribution in [2.45, 2.75) is 32.0 Å². The van der Waals surface area contributed by atoms with E-state index in [2.05, 4.69) is 34.5 Å². The van der Waals surface area contributed by atoms with Crippen LogP contribution in [0.5, 0.6) is 0 Å². The number of benzene rings is 1. The summed E-state index contributed by atoms with van der Waals surface area (Å²) >= 11 is 0. The summed E-state index contributed by atoms with van der Waals surface area (Å²) in [7, 11) is 0. The fourth-order valence-electron chi connectivity index (χ4n) is 2.76. The number of piperidine rings is 1. The lowest BCUT2D eigenvalue weighted by molar-refractivity contribution is 0.167. The van der Waals surface area contributed by atoms with Crippen LogP contribution in [0.25, 0.3) is 0 Å². The van der Waals surface area contributed by atoms with Gasteiger partial charge in [-0.05, 0) is 30.5 Å². The van der Waals surface area contributed by atoms with E-state index in [1.807, 2.05) is 0 Å². The maximum Gasteiger partial charge on any atom is 0.0244 e. The molecule has 1 aromatic rings. The van der Waals surface area contributed by atoms with Gasteiger partial charge in [0.15, 0.2) is 0 Å². The van der Waals surface area contributed by atoms with Gasteiger partial charge in [-0.2, -0.15) is 0 Å². The molecule has 15 heavy (non-hydrogen) atoms. The molecule has 0 bridgehead atoms. The van der Waals surface area contributed by atoms with Crippen molar-refractivity contribution in [1.29, 1.82) is 0 Å². The van der Waals surface area contributed by atoms with E-state index < -0.39 is 0 Å². The van der Waals surface area contributed by atoms with Crippen LogP contribution in [-0.2, 0) is 13.1 Å². The molecule has 0 spiro atoms. The Morgan fingerprint density at radius 2 is 1.87 bits per heavy atom. The first-order valence-electron chi connectivity index (χ1n) is 5.95. The van der Waals surface area contributed by atoms with E-state index >= 15 is 0 Å². The molecule has 3 rings (SSSR count). The fraction of sp³-hybridized carbons (Fsp3) is 0.538. The molecular weight excluding hydrogens is 184 g/mol. The van der Waals surface area contributed by atoms with Gasteiger partial charge in [0.1, 0.15) is 0 Å². The zero-order valence-corrected chi connectivity index (χ0v) is 9.08. The van der Waals surface area contributed by atoms with Crippen LogP contribution in [0, 0.1) is 0 Å². The zero-order valence-electron chi connectivity index (χ0n) is 9.08. The van der Waals surface area contributed by atoms with Crippen molar-refractivity contribution >= 4 is 0 Å². The maximum absolute atomic E-state index is 3.50. The summed E-state index contributed by atoms with van der Waals surface area (Å²) in [6, 6.07) is 9.60. The quantitative estimate of drug-likeness (QED) is 0.746. The van der Waals surface area contributed by atoms with Crippen LogP contribution in [0.15, 0.2) is 24.3 Å². The average Bonchev–Trinajstić information content (AvgIpc) is 2.74. The molecule has 1 N–H and O–H groups in total. The van der Waals surface area contributed by atoms with E-state index in [1.165, 1.54) is 37.1 Å². The lowest BCUT2D eigenvalue weighted by atomic mass is 10.1. The van der Waals surface area contributed by atoms with Crippen LogP contribution in [0.3, 0.4) is 0 Å². The Balaban J connectivity index is 1.72. The standard InChI is InChI=1S/C13H18N2/c1-2-5-12-10-15(9-11(12)4-1)13-6-3-7-14-8-13/h1-2,4-5,13-14H,3,6-10H2. The van der Waals surface area contributed by atoms with Gasteiger partial charge < -0.3 is 5.32 Å². The molecule has 0 radical (unpaired) electrons. The third kappa shape index (κ3) is 1.80. The summed E-state index contributed by atoms with van der Waals surface area (Å²) in [4.78, 5) is 2.62. The van der Waals surface area contributed by atoms with Crippen LogP contribution in [-0.4, -0.2) is 24.0 Å². The minimum absolute atomic E-state index is 0.756. The summed E-state index contributed by atoms with van der Waals surface area (Å²) in [5, 5.41) is 3.50. The van der Waals surface area contributed by atoms with Crippen LogP contribution < -0.4 is 5.32 Å². The molecule has 2 heterocycles. The Kier molecular flexibility index (Phi) is 2.47. The molecule has 2 aliphatic rings. The Hall–Kier alpha value is -0.860. The molecule has 1 fully saturated rings. The monoisotopic (exact) mass is 202 g/mol. The topological polar surface area (TPSA) is 15.3 Å².